The smallest absolute Gasteiger partial charge is 0.338 e. The molecule has 1 aliphatic heterocycles. The van der Waals surface area contributed by atoms with E-state index in [9.17, 15) is 24.0 Å². The van der Waals surface area contributed by atoms with E-state index < -0.39 is 12.3 Å². The molecule has 1 aliphatic rings. The highest BCUT2D eigenvalue weighted by atomic mass is 16.7. The summed E-state index contributed by atoms with van der Waals surface area (Å²) in [6.07, 6.45) is 3.79. The number of rotatable bonds is 12. The van der Waals surface area contributed by atoms with E-state index in [-0.39, 0.29) is 23.6 Å². The van der Waals surface area contributed by atoms with Crippen LogP contribution in [0.25, 0.3) is 21.8 Å². The Bertz CT molecular complexity index is 1850. The van der Waals surface area contributed by atoms with Crippen molar-refractivity contribution in [1.82, 2.24) is 9.13 Å². The number of aromatic nitrogens is 2. The summed E-state index contributed by atoms with van der Waals surface area (Å²) in [6.45, 7) is 9.86. The SMILES string of the molecule is CCCCOC(=O)c1ccc2c(C)cc(=O)n(CC3OCCO3)c2c1.CCCCOC(=O)c1ccc2c(C)cc(=O)n(CC=O)c2c1. The summed E-state index contributed by atoms with van der Waals surface area (Å²) < 4.78 is 24.3. The van der Waals surface area contributed by atoms with Crippen molar-refractivity contribution in [2.75, 3.05) is 26.4 Å². The molecule has 0 aliphatic carbocycles. The minimum atomic E-state index is -0.441. The molecular weight excluding hydrogens is 604 g/mol. The quantitative estimate of drug-likeness (QED) is 0.117. The fourth-order valence-corrected chi connectivity index (χ4v) is 5.25. The minimum Gasteiger partial charge on any atom is -0.462 e. The molecule has 0 N–H and O–H groups in total. The Labute approximate surface area is 273 Å². The zero-order valence-electron chi connectivity index (χ0n) is 27.4. The Morgan fingerprint density at radius 2 is 1.23 bits per heavy atom. The zero-order valence-corrected chi connectivity index (χ0v) is 27.4. The topological polar surface area (TPSA) is 132 Å². The Morgan fingerprint density at radius 1 is 0.766 bits per heavy atom. The van der Waals surface area contributed by atoms with Crippen LogP contribution in [0.3, 0.4) is 0 Å². The number of unbranched alkanes of at least 4 members (excludes halogenated alkanes) is 2. The lowest BCUT2D eigenvalue weighted by Gasteiger charge is -2.16. The van der Waals surface area contributed by atoms with Crippen molar-refractivity contribution in [3.63, 3.8) is 0 Å². The van der Waals surface area contributed by atoms with E-state index in [0.29, 0.717) is 61.4 Å². The van der Waals surface area contributed by atoms with Gasteiger partial charge in [-0.25, -0.2) is 9.59 Å². The van der Waals surface area contributed by atoms with Gasteiger partial charge in [0, 0.05) is 22.9 Å². The molecule has 4 aromatic rings. The second-order valence-corrected chi connectivity index (χ2v) is 11.3. The number of esters is 2. The Balaban J connectivity index is 0.000000215. The first-order valence-electron chi connectivity index (χ1n) is 16.0. The van der Waals surface area contributed by atoms with Gasteiger partial charge in [0.2, 0.25) is 0 Å². The van der Waals surface area contributed by atoms with Crippen LogP contribution in [0.5, 0.6) is 0 Å². The Kier molecular flexibility index (Phi) is 12.6. The van der Waals surface area contributed by atoms with Gasteiger partial charge in [0.05, 0.1) is 61.7 Å². The third-order valence-corrected chi connectivity index (χ3v) is 7.85. The second kappa shape index (κ2) is 16.8. The lowest BCUT2D eigenvalue weighted by molar-refractivity contribution is -0.108. The Hall–Kier alpha value is -4.61. The molecule has 0 bridgehead atoms. The van der Waals surface area contributed by atoms with Gasteiger partial charge in [-0.2, -0.15) is 0 Å². The van der Waals surface area contributed by atoms with Crippen molar-refractivity contribution in [3.05, 3.63) is 91.5 Å². The molecule has 11 heteroatoms. The number of fused-ring (bicyclic) bond motifs is 2. The van der Waals surface area contributed by atoms with Crippen LogP contribution < -0.4 is 11.1 Å². The van der Waals surface area contributed by atoms with E-state index >= 15 is 0 Å². The molecule has 47 heavy (non-hydrogen) atoms. The largest absolute Gasteiger partial charge is 0.462 e. The number of aryl methyl sites for hydroxylation is 2. The molecule has 2 aromatic carbocycles. The van der Waals surface area contributed by atoms with E-state index in [1.165, 1.54) is 10.6 Å². The average molecular weight is 647 g/mol. The molecule has 0 saturated carbocycles. The van der Waals surface area contributed by atoms with E-state index in [4.69, 9.17) is 18.9 Å². The fourth-order valence-electron chi connectivity index (χ4n) is 5.25. The third-order valence-electron chi connectivity index (χ3n) is 7.85. The number of pyridine rings is 2. The molecule has 11 nitrogen and oxygen atoms in total. The lowest BCUT2D eigenvalue weighted by atomic mass is 10.1. The maximum absolute atomic E-state index is 12.5. The van der Waals surface area contributed by atoms with Crippen molar-refractivity contribution < 1.29 is 33.3 Å². The van der Waals surface area contributed by atoms with Crippen LogP contribution in [0.2, 0.25) is 0 Å². The van der Waals surface area contributed by atoms with Gasteiger partial charge in [-0.3, -0.25) is 9.59 Å². The van der Waals surface area contributed by atoms with Crippen LogP contribution in [-0.4, -0.2) is 60.1 Å². The molecule has 250 valence electrons. The standard InChI is InChI=1S/C19H23NO5.C17H19NO4/c1-3-4-7-25-19(22)14-5-6-15-13(2)10-17(21)20(16(15)11-14)12-18-23-8-9-24-18;1-3-4-9-22-17(21)13-5-6-14-12(2)10-16(20)18(7-8-19)15(14)11-13/h5-6,10-11,18H,3-4,7-9,12H2,1-2H3;5-6,8,10-11H,3-4,7,9H2,1-2H3. The Morgan fingerprint density at radius 3 is 1.70 bits per heavy atom. The lowest BCUT2D eigenvalue weighted by Crippen LogP contribution is -2.27. The highest BCUT2D eigenvalue weighted by Crippen LogP contribution is 2.21. The summed E-state index contributed by atoms with van der Waals surface area (Å²) in [5.41, 5.74) is 3.37. The van der Waals surface area contributed by atoms with Gasteiger partial charge in [0.15, 0.2) is 6.29 Å². The van der Waals surface area contributed by atoms with Gasteiger partial charge in [-0.15, -0.1) is 0 Å². The minimum absolute atomic E-state index is 0.0377. The third kappa shape index (κ3) is 8.81. The molecule has 0 radical (unpaired) electrons. The van der Waals surface area contributed by atoms with Crippen LogP contribution in [-0.2, 0) is 36.8 Å². The fraction of sp³-hybridized carbons (Fsp3) is 0.417. The summed E-state index contributed by atoms with van der Waals surface area (Å²) in [4.78, 5) is 59.5. The normalized spacial score (nSPS) is 12.9. The number of carbonyl (C=O) groups is 3. The van der Waals surface area contributed by atoms with Gasteiger partial charge >= 0.3 is 11.9 Å². The molecule has 2 aromatic heterocycles. The van der Waals surface area contributed by atoms with Gasteiger partial charge in [-0.1, -0.05) is 38.8 Å². The van der Waals surface area contributed by atoms with Crippen LogP contribution in [0, 0.1) is 13.8 Å². The maximum atomic E-state index is 12.5. The van der Waals surface area contributed by atoms with Gasteiger partial charge in [0.1, 0.15) is 6.29 Å². The predicted octanol–water partition coefficient (Wildman–Crippen LogP) is 5.11. The zero-order chi connectivity index (χ0) is 33.9. The summed E-state index contributed by atoms with van der Waals surface area (Å²) in [5.74, 6) is -0.786. The van der Waals surface area contributed by atoms with Crippen LogP contribution >= 0.6 is 0 Å². The van der Waals surface area contributed by atoms with Crippen LogP contribution in [0.15, 0.2) is 58.1 Å². The monoisotopic (exact) mass is 646 g/mol. The molecule has 0 amide bonds. The van der Waals surface area contributed by atoms with Gasteiger partial charge < -0.3 is 32.9 Å². The van der Waals surface area contributed by atoms with E-state index in [2.05, 4.69) is 0 Å². The van der Waals surface area contributed by atoms with Crippen LogP contribution in [0.4, 0.5) is 0 Å². The number of aldehydes is 1. The van der Waals surface area contributed by atoms with Gasteiger partial charge in [-0.05, 0) is 62.1 Å². The molecule has 5 rings (SSSR count). The van der Waals surface area contributed by atoms with Crippen molar-refractivity contribution in [2.45, 2.75) is 72.8 Å². The maximum Gasteiger partial charge on any atom is 0.338 e. The summed E-state index contributed by atoms with van der Waals surface area (Å²) in [6, 6.07) is 13.5. The molecule has 3 heterocycles. The molecule has 1 fully saturated rings. The number of ether oxygens (including phenoxy) is 4. The van der Waals surface area contributed by atoms with Crippen molar-refractivity contribution in [3.8, 4) is 0 Å². The first-order valence-corrected chi connectivity index (χ1v) is 16.0. The number of hydrogen-bond donors (Lipinski definition) is 0. The number of hydrogen-bond acceptors (Lipinski definition) is 9. The molecule has 0 spiro atoms. The van der Waals surface area contributed by atoms with Crippen LogP contribution in [0.1, 0.15) is 71.4 Å². The van der Waals surface area contributed by atoms with Crippen molar-refractivity contribution in [2.24, 2.45) is 0 Å². The summed E-state index contributed by atoms with van der Waals surface area (Å²) in [7, 11) is 0. The highest BCUT2D eigenvalue weighted by Gasteiger charge is 2.20. The second-order valence-electron chi connectivity index (χ2n) is 11.3. The van der Waals surface area contributed by atoms with E-state index in [1.54, 1.807) is 41.0 Å². The predicted molar refractivity (Wildman–Crippen MR) is 178 cm³/mol. The molecular formula is C36H42N2O9. The van der Waals surface area contributed by atoms with Crippen molar-refractivity contribution in [1.29, 1.82) is 0 Å². The van der Waals surface area contributed by atoms with E-state index in [1.807, 2.05) is 33.8 Å². The highest BCUT2D eigenvalue weighted by molar-refractivity contribution is 5.96. The first-order chi connectivity index (χ1) is 22.7. The average Bonchev–Trinajstić information content (AvgIpc) is 3.58. The summed E-state index contributed by atoms with van der Waals surface area (Å²) in [5, 5.41) is 1.76. The van der Waals surface area contributed by atoms with Gasteiger partial charge in [0.25, 0.3) is 11.1 Å². The molecule has 0 atom stereocenters. The van der Waals surface area contributed by atoms with E-state index in [0.717, 1.165) is 47.6 Å². The molecule has 0 unspecified atom stereocenters. The number of nitrogens with zero attached hydrogens (tertiary/aromatic N) is 2. The summed E-state index contributed by atoms with van der Waals surface area (Å²) >= 11 is 0. The number of benzene rings is 2. The van der Waals surface area contributed by atoms with Crippen molar-refractivity contribution >= 4 is 40.0 Å². The number of carbonyl (C=O) groups excluding carboxylic acids is 3. The molecule has 1 saturated heterocycles. The first kappa shape index (κ1) is 35.2.